The van der Waals surface area contributed by atoms with E-state index in [-0.39, 0.29) is 13.0 Å². The van der Waals surface area contributed by atoms with E-state index in [1.54, 1.807) is 20.8 Å². The monoisotopic (exact) mass is 230 g/mol. The first kappa shape index (κ1) is 12.3. The molecule has 0 aromatic rings. The van der Waals surface area contributed by atoms with Crippen molar-refractivity contribution in [2.75, 3.05) is 6.54 Å². The van der Waals surface area contributed by atoms with Gasteiger partial charge in [0.05, 0.1) is 6.54 Å². The van der Waals surface area contributed by atoms with Crippen molar-refractivity contribution in [3.05, 3.63) is 0 Å². The minimum atomic E-state index is -0.808. The Labute approximate surface area is 92.7 Å². The number of nitrogens with one attached hydrogen (secondary N) is 1. The molecule has 1 saturated heterocycles. The molecule has 1 rings (SSSR count). The van der Waals surface area contributed by atoms with Crippen LogP contribution in [0.3, 0.4) is 0 Å². The second kappa shape index (κ2) is 4.38. The molecule has 3 amide bonds. The van der Waals surface area contributed by atoms with Crippen molar-refractivity contribution in [1.29, 1.82) is 0 Å². The first-order chi connectivity index (χ1) is 7.33. The number of carbonyl (C=O) groups is 3. The van der Waals surface area contributed by atoms with Crippen LogP contribution in [0.15, 0.2) is 0 Å². The van der Waals surface area contributed by atoms with E-state index in [9.17, 15) is 14.4 Å². The van der Waals surface area contributed by atoms with Gasteiger partial charge in [-0.15, -0.1) is 0 Å². The molecule has 0 aliphatic carbocycles. The van der Waals surface area contributed by atoms with Crippen molar-refractivity contribution in [3.63, 3.8) is 0 Å². The Balaban J connectivity index is 2.58. The van der Waals surface area contributed by atoms with E-state index in [0.29, 0.717) is 0 Å². The van der Waals surface area contributed by atoms with E-state index in [4.69, 9.17) is 4.74 Å². The highest BCUT2D eigenvalue weighted by atomic mass is 16.6. The van der Waals surface area contributed by atoms with Crippen molar-refractivity contribution >= 4 is 18.6 Å². The predicted octanol–water partition coefficient (Wildman–Crippen LogP) is 0.446. The van der Waals surface area contributed by atoms with Gasteiger partial charge in [0, 0.05) is 0 Å². The van der Waals surface area contributed by atoms with Crippen LogP contribution in [0.1, 0.15) is 20.8 Å². The Bertz CT molecular complexity index is 310. The summed E-state index contributed by atoms with van der Waals surface area (Å²) in [5.41, 5.74) is -0.680. The van der Waals surface area contributed by atoms with Crippen molar-refractivity contribution in [1.82, 2.24) is 10.2 Å². The van der Waals surface area contributed by atoms with Gasteiger partial charge in [-0.25, -0.2) is 14.5 Å². The van der Waals surface area contributed by atoms with Gasteiger partial charge in [-0.3, -0.25) is 4.79 Å². The Hall–Kier alpha value is -1.79. The van der Waals surface area contributed by atoms with E-state index in [1.807, 2.05) is 0 Å². The van der Waals surface area contributed by atoms with E-state index in [2.05, 4.69) is 10.1 Å². The molecule has 7 heteroatoms. The van der Waals surface area contributed by atoms with Gasteiger partial charge in [-0.05, 0) is 20.8 Å². The smallest absolute Gasteiger partial charge is 0.418 e. The average Bonchev–Trinajstić information content (AvgIpc) is 2.44. The van der Waals surface area contributed by atoms with Crippen molar-refractivity contribution in [2.45, 2.75) is 32.6 Å². The zero-order chi connectivity index (χ0) is 12.3. The maximum atomic E-state index is 11.5. The highest BCUT2D eigenvalue weighted by molar-refractivity contribution is 5.92. The molecule has 1 heterocycles. The first-order valence-corrected chi connectivity index (χ1v) is 4.73. The van der Waals surface area contributed by atoms with Crippen LogP contribution in [-0.2, 0) is 14.3 Å². The van der Waals surface area contributed by atoms with Gasteiger partial charge >= 0.3 is 12.1 Å². The van der Waals surface area contributed by atoms with Gasteiger partial charge in [0.15, 0.2) is 6.23 Å². The molecule has 1 aliphatic rings. The highest BCUT2D eigenvalue weighted by Crippen LogP contribution is 2.13. The van der Waals surface area contributed by atoms with Gasteiger partial charge in [-0.2, -0.15) is 0 Å². The van der Waals surface area contributed by atoms with Gasteiger partial charge in [0.25, 0.3) is 6.47 Å². The van der Waals surface area contributed by atoms with Crippen LogP contribution in [0.25, 0.3) is 0 Å². The molecule has 0 aromatic carbocycles. The van der Waals surface area contributed by atoms with Gasteiger partial charge in [0.2, 0.25) is 0 Å². The van der Waals surface area contributed by atoms with Crippen LogP contribution in [0.4, 0.5) is 9.59 Å². The zero-order valence-corrected chi connectivity index (χ0v) is 9.35. The minimum absolute atomic E-state index is 0.0491. The Morgan fingerprint density at radius 2 is 2.19 bits per heavy atom. The number of rotatable bonds is 2. The first-order valence-electron chi connectivity index (χ1n) is 4.73. The number of hydrogen-bond donors (Lipinski definition) is 1. The molecule has 1 atom stereocenters. The average molecular weight is 230 g/mol. The number of amides is 3. The van der Waals surface area contributed by atoms with Crippen LogP contribution in [-0.4, -0.2) is 41.9 Å². The summed E-state index contributed by atoms with van der Waals surface area (Å²) in [4.78, 5) is 33.7. The van der Waals surface area contributed by atoms with Gasteiger partial charge in [0.1, 0.15) is 5.60 Å². The van der Waals surface area contributed by atoms with Crippen molar-refractivity contribution in [3.8, 4) is 0 Å². The van der Waals surface area contributed by atoms with E-state index in [1.165, 1.54) is 0 Å². The summed E-state index contributed by atoms with van der Waals surface area (Å²) in [7, 11) is 0. The lowest BCUT2D eigenvalue weighted by atomic mass is 10.2. The largest absolute Gasteiger partial charge is 0.443 e. The summed E-state index contributed by atoms with van der Waals surface area (Å²) >= 11 is 0. The molecule has 0 radical (unpaired) electrons. The molecular weight excluding hydrogens is 216 g/mol. The third-order valence-electron chi connectivity index (χ3n) is 1.71. The summed E-state index contributed by atoms with van der Waals surface area (Å²) in [6, 6.07) is -0.638. The third-order valence-corrected chi connectivity index (χ3v) is 1.71. The van der Waals surface area contributed by atoms with Gasteiger partial charge in [-0.1, -0.05) is 0 Å². The fraction of sp³-hybridized carbons (Fsp3) is 0.667. The lowest BCUT2D eigenvalue weighted by Crippen LogP contribution is -2.38. The molecule has 1 aliphatic heterocycles. The summed E-state index contributed by atoms with van der Waals surface area (Å²) in [6.45, 7) is 5.24. The Kier molecular flexibility index (Phi) is 3.36. The maximum absolute atomic E-state index is 11.5. The molecule has 0 bridgehead atoms. The van der Waals surface area contributed by atoms with E-state index < -0.39 is 24.0 Å². The molecule has 0 aromatic heterocycles. The van der Waals surface area contributed by atoms with Crippen LogP contribution in [0.5, 0.6) is 0 Å². The second-order valence-corrected chi connectivity index (χ2v) is 4.26. The summed E-state index contributed by atoms with van der Waals surface area (Å²) in [5.74, 6) is 0. The number of urea groups is 1. The van der Waals surface area contributed by atoms with Gasteiger partial charge < -0.3 is 14.8 Å². The summed E-state index contributed by atoms with van der Waals surface area (Å²) in [6.07, 6.45) is -1.57. The summed E-state index contributed by atoms with van der Waals surface area (Å²) < 4.78 is 9.52. The topological polar surface area (TPSA) is 84.9 Å². The molecular formula is C9H14N2O5. The van der Waals surface area contributed by atoms with E-state index in [0.717, 1.165) is 4.90 Å². The quantitative estimate of drug-likeness (QED) is 0.696. The summed E-state index contributed by atoms with van der Waals surface area (Å²) in [5, 5.41) is 2.30. The SMILES string of the molecule is CC(C)(C)OC(=O)N1C[C@@H](OC=O)NC1=O. The third kappa shape index (κ3) is 3.11. The molecule has 0 unspecified atom stereocenters. The maximum Gasteiger partial charge on any atom is 0.418 e. The standard InChI is InChI=1S/C9H14N2O5/c1-9(2,3)16-8(14)11-4-6(15-5-12)10-7(11)13/h5-6H,4H2,1-3H3,(H,10,13)/t6-/m1/s1. The number of nitrogens with zero attached hydrogens (tertiary/aromatic N) is 1. The second-order valence-electron chi connectivity index (χ2n) is 4.26. The van der Waals surface area contributed by atoms with Crippen LogP contribution in [0.2, 0.25) is 0 Å². The van der Waals surface area contributed by atoms with Crippen molar-refractivity contribution in [2.24, 2.45) is 0 Å². The van der Waals surface area contributed by atoms with Crippen LogP contribution < -0.4 is 5.32 Å². The molecule has 90 valence electrons. The van der Waals surface area contributed by atoms with Crippen molar-refractivity contribution < 1.29 is 23.9 Å². The lowest BCUT2D eigenvalue weighted by molar-refractivity contribution is -0.133. The zero-order valence-electron chi connectivity index (χ0n) is 9.35. The fourth-order valence-electron chi connectivity index (χ4n) is 1.13. The lowest BCUT2D eigenvalue weighted by Gasteiger charge is -2.22. The molecule has 0 spiro atoms. The molecule has 7 nitrogen and oxygen atoms in total. The molecule has 1 N–H and O–H groups in total. The minimum Gasteiger partial charge on any atom is -0.443 e. The molecule has 0 saturated carbocycles. The van der Waals surface area contributed by atoms with Crippen LogP contribution >= 0.6 is 0 Å². The van der Waals surface area contributed by atoms with E-state index >= 15 is 0 Å². The number of carbonyl (C=O) groups excluding carboxylic acids is 3. The molecule has 1 fully saturated rings. The highest BCUT2D eigenvalue weighted by Gasteiger charge is 2.36. The molecule has 16 heavy (non-hydrogen) atoms. The Morgan fingerprint density at radius 3 is 2.69 bits per heavy atom. The Morgan fingerprint density at radius 1 is 1.56 bits per heavy atom. The van der Waals surface area contributed by atoms with Crippen LogP contribution in [0, 0.1) is 0 Å². The number of ether oxygens (including phenoxy) is 2. The number of imide groups is 1. The number of hydrogen-bond acceptors (Lipinski definition) is 5. The normalized spacial score (nSPS) is 20.3. The fourth-order valence-corrected chi connectivity index (χ4v) is 1.13. The predicted molar refractivity (Wildman–Crippen MR) is 52.4 cm³/mol.